The van der Waals surface area contributed by atoms with Crippen molar-refractivity contribution in [1.29, 1.82) is 0 Å². The summed E-state index contributed by atoms with van der Waals surface area (Å²) in [5, 5.41) is 3.20. The standard InChI is InChI=1S/C24H25N5/c1-25-21-7-5-6-19(14-21)22-17-27-24-15-18(10-13-29(22)24)20-8-9-23(26-16-20)28-11-3-2-4-12-28/h5-10,13-17,25H,2-4,11-12H2,1H3. The normalized spacial score (nSPS) is 14.3. The van der Waals surface area contributed by atoms with Crippen molar-refractivity contribution in [2.75, 3.05) is 30.4 Å². The van der Waals surface area contributed by atoms with Crippen molar-refractivity contribution in [2.24, 2.45) is 0 Å². The number of hydrogen-bond donors (Lipinski definition) is 1. The molecule has 0 unspecified atom stereocenters. The summed E-state index contributed by atoms with van der Waals surface area (Å²) in [7, 11) is 1.93. The topological polar surface area (TPSA) is 45.5 Å². The largest absolute Gasteiger partial charge is 0.388 e. The number of nitrogens with one attached hydrogen (secondary N) is 1. The first kappa shape index (κ1) is 17.7. The lowest BCUT2D eigenvalue weighted by molar-refractivity contribution is 0.573. The zero-order valence-corrected chi connectivity index (χ0v) is 16.7. The SMILES string of the molecule is CNc1cccc(-c2cnc3cc(-c4ccc(N5CCCCC5)nc4)ccn23)c1. The van der Waals surface area contributed by atoms with Crippen LogP contribution in [0.4, 0.5) is 11.5 Å². The van der Waals surface area contributed by atoms with Gasteiger partial charge in [0.1, 0.15) is 11.5 Å². The van der Waals surface area contributed by atoms with Crippen LogP contribution >= 0.6 is 0 Å². The van der Waals surface area contributed by atoms with Gasteiger partial charge in [0.15, 0.2) is 0 Å². The molecule has 5 nitrogen and oxygen atoms in total. The third kappa shape index (κ3) is 3.44. The molecule has 146 valence electrons. The van der Waals surface area contributed by atoms with E-state index in [0.717, 1.165) is 52.6 Å². The van der Waals surface area contributed by atoms with Crippen molar-refractivity contribution in [3.05, 3.63) is 67.1 Å². The van der Waals surface area contributed by atoms with Gasteiger partial charge in [0.05, 0.1) is 11.9 Å². The van der Waals surface area contributed by atoms with Crippen LogP contribution in [0.25, 0.3) is 28.0 Å². The number of nitrogens with zero attached hydrogens (tertiary/aromatic N) is 4. The molecule has 0 spiro atoms. The smallest absolute Gasteiger partial charge is 0.137 e. The molecule has 0 aliphatic carbocycles. The summed E-state index contributed by atoms with van der Waals surface area (Å²) in [4.78, 5) is 11.7. The van der Waals surface area contributed by atoms with Crippen LogP contribution in [0.15, 0.2) is 67.1 Å². The van der Waals surface area contributed by atoms with Crippen LogP contribution in [0, 0.1) is 0 Å². The van der Waals surface area contributed by atoms with Crippen LogP contribution in [0.3, 0.4) is 0 Å². The second-order valence-electron chi connectivity index (χ2n) is 7.57. The Morgan fingerprint density at radius 1 is 0.828 bits per heavy atom. The highest BCUT2D eigenvalue weighted by Crippen LogP contribution is 2.27. The second-order valence-corrected chi connectivity index (χ2v) is 7.57. The van der Waals surface area contributed by atoms with E-state index in [4.69, 9.17) is 4.98 Å². The average molecular weight is 383 g/mol. The molecular weight excluding hydrogens is 358 g/mol. The van der Waals surface area contributed by atoms with Crippen molar-refractivity contribution in [3.63, 3.8) is 0 Å². The Labute approximate surface area is 171 Å². The molecule has 0 amide bonds. The van der Waals surface area contributed by atoms with Crippen LogP contribution in [-0.2, 0) is 0 Å². The van der Waals surface area contributed by atoms with Gasteiger partial charge < -0.3 is 10.2 Å². The first-order valence-corrected chi connectivity index (χ1v) is 10.3. The minimum atomic E-state index is 0.937. The number of anilines is 2. The molecule has 4 heterocycles. The van der Waals surface area contributed by atoms with Crippen LogP contribution in [0.1, 0.15) is 19.3 Å². The lowest BCUT2D eigenvalue weighted by Gasteiger charge is -2.27. The first-order chi connectivity index (χ1) is 14.3. The maximum absolute atomic E-state index is 4.72. The van der Waals surface area contributed by atoms with Crippen molar-refractivity contribution in [1.82, 2.24) is 14.4 Å². The maximum atomic E-state index is 4.72. The van der Waals surface area contributed by atoms with E-state index in [1.54, 1.807) is 0 Å². The molecule has 0 saturated carbocycles. The Balaban J connectivity index is 1.44. The molecule has 0 bridgehead atoms. The fourth-order valence-corrected chi connectivity index (χ4v) is 4.07. The summed E-state index contributed by atoms with van der Waals surface area (Å²) in [5.41, 5.74) is 6.51. The molecular formula is C24H25N5. The minimum absolute atomic E-state index is 0.937. The predicted octanol–water partition coefficient (Wildman–Crippen LogP) is 5.10. The van der Waals surface area contributed by atoms with Crippen LogP contribution in [-0.4, -0.2) is 34.5 Å². The molecule has 4 aromatic rings. The summed E-state index contributed by atoms with van der Waals surface area (Å²) in [6.45, 7) is 2.23. The number of benzene rings is 1. The van der Waals surface area contributed by atoms with Gasteiger partial charge in [0, 0.05) is 49.3 Å². The van der Waals surface area contributed by atoms with E-state index in [1.165, 1.54) is 19.3 Å². The molecule has 5 heteroatoms. The molecule has 3 aromatic heterocycles. The third-order valence-corrected chi connectivity index (χ3v) is 5.72. The van der Waals surface area contributed by atoms with Gasteiger partial charge in [-0.25, -0.2) is 9.97 Å². The number of aromatic nitrogens is 3. The van der Waals surface area contributed by atoms with Gasteiger partial charge in [0.2, 0.25) is 0 Å². The second kappa shape index (κ2) is 7.59. The zero-order valence-electron chi connectivity index (χ0n) is 16.7. The fraction of sp³-hybridized carbons (Fsp3) is 0.250. The highest BCUT2D eigenvalue weighted by Gasteiger charge is 2.12. The molecule has 29 heavy (non-hydrogen) atoms. The van der Waals surface area contributed by atoms with Gasteiger partial charge >= 0.3 is 0 Å². The van der Waals surface area contributed by atoms with Gasteiger partial charge in [-0.2, -0.15) is 0 Å². The Kier molecular flexibility index (Phi) is 4.64. The molecule has 1 aromatic carbocycles. The summed E-state index contributed by atoms with van der Waals surface area (Å²) in [6.07, 6.45) is 9.87. The predicted molar refractivity (Wildman–Crippen MR) is 119 cm³/mol. The number of imidazole rings is 1. The fourth-order valence-electron chi connectivity index (χ4n) is 4.07. The molecule has 1 saturated heterocycles. The van der Waals surface area contributed by atoms with E-state index >= 15 is 0 Å². The van der Waals surface area contributed by atoms with Gasteiger partial charge in [-0.1, -0.05) is 12.1 Å². The Morgan fingerprint density at radius 2 is 1.72 bits per heavy atom. The number of fused-ring (bicyclic) bond motifs is 1. The van der Waals surface area contributed by atoms with Crippen LogP contribution in [0.5, 0.6) is 0 Å². The van der Waals surface area contributed by atoms with Crippen LogP contribution in [0.2, 0.25) is 0 Å². The van der Waals surface area contributed by atoms with E-state index in [-0.39, 0.29) is 0 Å². The van der Waals surface area contributed by atoms with Crippen molar-refractivity contribution in [3.8, 4) is 22.4 Å². The number of rotatable bonds is 4. The molecule has 0 radical (unpaired) electrons. The van der Waals surface area contributed by atoms with E-state index in [2.05, 4.69) is 74.3 Å². The van der Waals surface area contributed by atoms with Crippen molar-refractivity contribution < 1.29 is 0 Å². The van der Waals surface area contributed by atoms with E-state index in [9.17, 15) is 0 Å². The van der Waals surface area contributed by atoms with Crippen LogP contribution < -0.4 is 10.2 Å². The van der Waals surface area contributed by atoms with E-state index in [0.29, 0.717) is 0 Å². The molecule has 1 fully saturated rings. The third-order valence-electron chi connectivity index (χ3n) is 5.72. The first-order valence-electron chi connectivity index (χ1n) is 10.3. The molecule has 5 rings (SSSR count). The lowest BCUT2D eigenvalue weighted by Crippen LogP contribution is -2.29. The quantitative estimate of drug-likeness (QED) is 0.533. The lowest BCUT2D eigenvalue weighted by atomic mass is 10.1. The number of hydrogen-bond acceptors (Lipinski definition) is 4. The minimum Gasteiger partial charge on any atom is -0.388 e. The number of piperidine rings is 1. The summed E-state index contributed by atoms with van der Waals surface area (Å²) in [5.74, 6) is 1.09. The van der Waals surface area contributed by atoms with E-state index in [1.807, 2.05) is 19.4 Å². The molecule has 1 N–H and O–H groups in total. The monoisotopic (exact) mass is 383 g/mol. The maximum Gasteiger partial charge on any atom is 0.137 e. The summed E-state index contributed by atoms with van der Waals surface area (Å²) < 4.78 is 2.13. The Hall–Kier alpha value is -3.34. The zero-order chi connectivity index (χ0) is 19.6. The summed E-state index contributed by atoms with van der Waals surface area (Å²) >= 11 is 0. The molecule has 0 atom stereocenters. The van der Waals surface area contributed by atoms with Gasteiger partial charge in [-0.3, -0.25) is 4.40 Å². The highest BCUT2D eigenvalue weighted by molar-refractivity contribution is 5.72. The van der Waals surface area contributed by atoms with E-state index < -0.39 is 0 Å². The van der Waals surface area contributed by atoms with Gasteiger partial charge in [0.25, 0.3) is 0 Å². The number of pyridine rings is 2. The molecule has 1 aliphatic rings. The Bertz CT molecular complexity index is 1120. The van der Waals surface area contributed by atoms with Gasteiger partial charge in [-0.15, -0.1) is 0 Å². The summed E-state index contributed by atoms with van der Waals surface area (Å²) in [6, 6.07) is 17.0. The van der Waals surface area contributed by atoms with Crippen molar-refractivity contribution in [2.45, 2.75) is 19.3 Å². The van der Waals surface area contributed by atoms with Crippen molar-refractivity contribution >= 4 is 17.2 Å². The average Bonchev–Trinajstić information content (AvgIpc) is 3.23. The molecule has 1 aliphatic heterocycles. The Morgan fingerprint density at radius 3 is 2.52 bits per heavy atom. The highest BCUT2D eigenvalue weighted by atomic mass is 15.2. The van der Waals surface area contributed by atoms with Gasteiger partial charge in [-0.05, 0) is 61.2 Å².